The summed E-state index contributed by atoms with van der Waals surface area (Å²) in [7, 11) is 1.30. The summed E-state index contributed by atoms with van der Waals surface area (Å²) in [6.45, 7) is 0. The van der Waals surface area contributed by atoms with Gasteiger partial charge >= 0.3 is 5.97 Å². The smallest absolute Gasteiger partial charge is 0.338 e. The Labute approximate surface area is 117 Å². The van der Waals surface area contributed by atoms with Gasteiger partial charge in [-0.05, 0) is 30.3 Å². The van der Waals surface area contributed by atoms with Crippen molar-refractivity contribution in [2.45, 2.75) is 0 Å². The van der Waals surface area contributed by atoms with Crippen LogP contribution in [0, 0.1) is 5.82 Å². The highest BCUT2D eigenvalue weighted by atomic mass is 79.9. The Bertz CT molecular complexity index is 619. The van der Waals surface area contributed by atoms with Crippen molar-refractivity contribution >= 4 is 33.4 Å². The van der Waals surface area contributed by atoms with Gasteiger partial charge in [0.15, 0.2) is 0 Å². The molecule has 0 radical (unpaired) electrons. The number of nitrogens with zero attached hydrogens (tertiary/aromatic N) is 1. The summed E-state index contributed by atoms with van der Waals surface area (Å²) in [6.07, 6.45) is 1.45. The van der Waals surface area contributed by atoms with Crippen molar-refractivity contribution in [2.75, 3.05) is 12.4 Å². The zero-order valence-corrected chi connectivity index (χ0v) is 11.6. The largest absolute Gasteiger partial charge is 0.465 e. The van der Waals surface area contributed by atoms with Crippen molar-refractivity contribution in [2.24, 2.45) is 0 Å². The van der Waals surface area contributed by atoms with E-state index in [1.54, 1.807) is 12.1 Å². The van der Waals surface area contributed by atoms with Crippen molar-refractivity contribution in [3.05, 3.63) is 52.4 Å². The molecule has 98 valence electrons. The molecule has 1 N–H and O–H groups in total. The Kier molecular flexibility index (Phi) is 4.11. The Hall–Kier alpha value is -1.95. The van der Waals surface area contributed by atoms with E-state index in [2.05, 4.69) is 31.0 Å². The molecule has 0 fully saturated rings. The Balaban J connectivity index is 2.28. The highest BCUT2D eigenvalue weighted by Gasteiger charge is 2.08. The second-order valence-corrected chi connectivity index (χ2v) is 4.59. The first-order valence-electron chi connectivity index (χ1n) is 5.36. The van der Waals surface area contributed by atoms with Crippen LogP contribution in [0.1, 0.15) is 10.4 Å². The molecule has 4 nitrogen and oxygen atoms in total. The van der Waals surface area contributed by atoms with E-state index in [1.807, 2.05) is 0 Å². The maximum atomic E-state index is 13.6. The molecule has 0 unspecified atom stereocenters. The van der Waals surface area contributed by atoms with Gasteiger partial charge in [-0.25, -0.2) is 14.2 Å². The van der Waals surface area contributed by atoms with Crippen LogP contribution >= 0.6 is 15.9 Å². The van der Waals surface area contributed by atoms with Gasteiger partial charge in [0.25, 0.3) is 0 Å². The number of benzene rings is 1. The van der Waals surface area contributed by atoms with Gasteiger partial charge in [-0.2, -0.15) is 0 Å². The van der Waals surface area contributed by atoms with Crippen LogP contribution in [0.3, 0.4) is 0 Å². The Morgan fingerprint density at radius 1 is 1.37 bits per heavy atom. The van der Waals surface area contributed by atoms with Gasteiger partial charge in [0.1, 0.15) is 11.6 Å². The van der Waals surface area contributed by atoms with E-state index >= 15 is 0 Å². The summed E-state index contributed by atoms with van der Waals surface area (Å²) in [4.78, 5) is 15.4. The number of halogens is 2. The average Bonchev–Trinajstić information content (AvgIpc) is 2.42. The molecule has 6 heteroatoms. The van der Waals surface area contributed by atoms with Gasteiger partial charge < -0.3 is 10.1 Å². The lowest BCUT2D eigenvalue weighted by Gasteiger charge is -2.08. The van der Waals surface area contributed by atoms with Crippen LogP contribution in [-0.2, 0) is 4.74 Å². The summed E-state index contributed by atoms with van der Waals surface area (Å²) in [5, 5.41) is 2.81. The number of carbonyl (C=O) groups is 1. The molecule has 1 aromatic heterocycles. The molecule has 0 aliphatic carbocycles. The summed E-state index contributed by atoms with van der Waals surface area (Å²) in [5.74, 6) is -0.520. The molecule has 2 rings (SSSR count). The molecule has 0 aliphatic heterocycles. The quantitative estimate of drug-likeness (QED) is 0.878. The lowest BCUT2D eigenvalue weighted by Crippen LogP contribution is -2.03. The van der Waals surface area contributed by atoms with Crippen molar-refractivity contribution in [1.29, 1.82) is 0 Å². The highest BCUT2D eigenvalue weighted by Crippen LogP contribution is 2.23. The molecular formula is C13H10BrFN2O2. The number of hydrogen-bond acceptors (Lipinski definition) is 4. The lowest BCUT2D eigenvalue weighted by atomic mass is 10.2. The highest BCUT2D eigenvalue weighted by molar-refractivity contribution is 9.10. The van der Waals surface area contributed by atoms with E-state index < -0.39 is 11.8 Å². The average molecular weight is 325 g/mol. The number of hydrogen-bond donors (Lipinski definition) is 1. The molecule has 19 heavy (non-hydrogen) atoms. The topological polar surface area (TPSA) is 51.2 Å². The van der Waals surface area contributed by atoms with E-state index in [4.69, 9.17) is 0 Å². The second-order valence-electron chi connectivity index (χ2n) is 3.67. The Morgan fingerprint density at radius 2 is 2.16 bits per heavy atom. The second kappa shape index (κ2) is 5.79. The van der Waals surface area contributed by atoms with Gasteiger partial charge in [-0.15, -0.1) is 0 Å². The summed E-state index contributed by atoms with van der Waals surface area (Å²) in [5.41, 5.74) is 0.610. The zero-order chi connectivity index (χ0) is 13.8. The number of rotatable bonds is 3. The van der Waals surface area contributed by atoms with Crippen LogP contribution in [-0.4, -0.2) is 18.1 Å². The maximum Gasteiger partial charge on any atom is 0.338 e. The number of anilines is 2. The standard InChI is InChI=1S/C13H10BrFN2O2/c1-19-13(18)8-4-5-16-12(6-8)17-11-7-9(14)2-3-10(11)15/h2-7H,1H3,(H,16,17). The molecule has 2 aromatic rings. The van der Waals surface area contributed by atoms with Crippen molar-refractivity contribution in [3.8, 4) is 0 Å². The lowest BCUT2D eigenvalue weighted by molar-refractivity contribution is 0.0600. The van der Waals surface area contributed by atoms with Crippen LogP contribution in [0.2, 0.25) is 0 Å². The predicted molar refractivity (Wildman–Crippen MR) is 73.0 cm³/mol. The zero-order valence-electron chi connectivity index (χ0n) is 9.98. The van der Waals surface area contributed by atoms with E-state index in [1.165, 1.54) is 31.5 Å². The van der Waals surface area contributed by atoms with Crippen molar-refractivity contribution in [1.82, 2.24) is 4.98 Å². The normalized spacial score (nSPS) is 10.1. The number of nitrogens with one attached hydrogen (secondary N) is 1. The minimum Gasteiger partial charge on any atom is -0.465 e. The third-order valence-corrected chi connectivity index (χ3v) is 2.87. The van der Waals surface area contributed by atoms with Crippen LogP contribution in [0.4, 0.5) is 15.9 Å². The number of ether oxygens (including phenoxy) is 1. The molecule has 0 spiro atoms. The first-order valence-corrected chi connectivity index (χ1v) is 6.16. The predicted octanol–water partition coefficient (Wildman–Crippen LogP) is 3.51. The number of carbonyl (C=O) groups excluding carboxylic acids is 1. The molecular weight excluding hydrogens is 315 g/mol. The summed E-state index contributed by atoms with van der Waals surface area (Å²) >= 11 is 3.26. The summed E-state index contributed by atoms with van der Waals surface area (Å²) in [6, 6.07) is 7.53. The number of esters is 1. The van der Waals surface area contributed by atoms with Gasteiger partial charge in [0, 0.05) is 10.7 Å². The first kappa shape index (κ1) is 13.5. The third kappa shape index (κ3) is 3.29. The van der Waals surface area contributed by atoms with E-state index in [-0.39, 0.29) is 5.69 Å². The fourth-order valence-corrected chi connectivity index (χ4v) is 1.84. The van der Waals surface area contributed by atoms with Crippen LogP contribution in [0.25, 0.3) is 0 Å². The summed E-state index contributed by atoms with van der Waals surface area (Å²) < 4.78 is 18.9. The minimum atomic E-state index is -0.472. The van der Waals surface area contributed by atoms with Crippen molar-refractivity contribution < 1.29 is 13.9 Å². The van der Waals surface area contributed by atoms with E-state index in [0.717, 1.165) is 4.47 Å². The van der Waals surface area contributed by atoms with Gasteiger partial charge in [-0.3, -0.25) is 0 Å². The van der Waals surface area contributed by atoms with Crippen LogP contribution in [0.15, 0.2) is 41.0 Å². The van der Waals surface area contributed by atoms with Crippen LogP contribution in [0.5, 0.6) is 0 Å². The molecule has 0 amide bonds. The molecule has 1 heterocycles. The third-order valence-electron chi connectivity index (χ3n) is 2.37. The van der Waals surface area contributed by atoms with Crippen molar-refractivity contribution in [3.63, 3.8) is 0 Å². The molecule has 0 bridgehead atoms. The fourth-order valence-electron chi connectivity index (χ4n) is 1.47. The van der Waals surface area contributed by atoms with Gasteiger partial charge in [-0.1, -0.05) is 15.9 Å². The van der Waals surface area contributed by atoms with Gasteiger partial charge in [0.05, 0.1) is 18.4 Å². The maximum absolute atomic E-state index is 13.6. The van der Waals surface area contributed by atoms with Crippen LogP contribution < -0.4 is 5.32 Å². The fraction of sp³-hybridized carbons (Fsp3) is 0.0769. The van der Waals surface area contributed by atoms with E-state index in [9.17, 15) is 9.18 Å². The molecule has 0 aliphatic rings. The van der Waals surface area contributed by atoms with E-state index in [0.29, 0.717) is 11.4 Å². The molecule has 0 saturated carbocycles. The molecule has 0 atom stereocenters. The number of pyridine rings is 1. The van der Waals surface area contributed by atoms with Gasteiger partial charge in [0.2, 0.25) is 0 Å². The number of methoxy groups -OCH3 is 1. The minimum absolute atomic E-state index is 0.267. The Morgan fingerprint density at radius 3 is 2.89 bits per heavy atom. The first-order chi connectivity index (χ1) is 9.10. The molecule has 0 saturated heterocycles. The molecule has 1 aromatic carbocycles. The number of aromatic nitrogens is 1. The SMILES string of the molecule is COC(=O)c1ccnc(Nc2cc(Br)ccc2F)c1. The monoisotopic (exact) mass is 324 g/mol.